The third-order valence-corrected chi connectivity index (χ3v) is 4.08. The van der Waals surface area contributed by atoms with Gasteiger partial charge in [-0.05, 0) is 30.1 Å². The van der Waals surface area contributed by atoms with Gasteiger partial charge in [0.15, 0.2) is 0 Å². The van der Waals surface area contributed by atoms with Crippen LogP contribution in [0.15, 0.2) is 6.07 Å². The number of hydrogen-bond acceptors (Lipinski definition) is 3. The first kappa shape index (κ1) is 22.7. The van der Waals surface area contributed by atoms with Gasteiger partial charge in [0, 0.05) is 17.2 Å². The van der Waals surface area contributed by atoms with E-state index in [2.05, 4.69) is 68.4 Å². The average molecular weight is 365 g/mol. The van der Waals surface area contributed by atoms with Gasteiger partial charge in [-0.1, -0.05) is 62.3 Å². The Hall–Kier alpha value is -1.38. The van der Waals surface area contributed by atoms with Crippen molar-refractivity contribution in [1.29, 1.82) is 0 Å². The Morgan fingerprint density at radius 2 is 0.962 bits per heavy atom. The predicted molar refractivity (Wildman–Crippen MR) is 111 cm³/mol. The van der Waals surface area contributed by atoms with E-state index in [-0.39, 0.29) is 10.8 Å². The fourth-order valence-electron chi connectivity index (χ4n) is 3.03. The lowest BCUT2D eigenvalue weighted by Gasteiger charge is -2.33. The van der Waals surface area contributed by atoms with Crippen LogP contribution in [0.25, 0.3) is 0 Å². The van der Waals surface area contributed by atoms with Crippen molar-refractivity contribution < 1.29 is 14.2 Å². The molecule has 0 unspecified atom stereocenters. The predicted octanol–water partition coefficient (Wildman–Crippen LogP) is 6.65. The summed E-state index contributed by atoms with van der Waals surface area (Å²) in [6.45, 7) is 21.8. The molecule has 0 aliphatic rings. The van der Waals surface area contributed by atoms with Crippen molar-refractivity contribution in [3.05, 3.63) is 17.2 Å². The van der Waals surface area contributed by atoms with Crippen LogP contribution in [0.5, 0.6) is 17.2 Å². The lowest BCUT2D eigenvalue weighted by Crippen LogP contribution is -2.22. The summed E-state index contributed by atoms with van der Waals surface area (Å²) in [6.07, 6.45) is 2.92. The van der Waals surface area contributed by atoms with Gasteiger partial charge in [-0.2, -0.15) is 0 Å². The second-order valence-corrected chi connectivity index (χ2v) is 9.00. The highest BCUT2D eigenvalue weighted by molar-refractivity contribution is 5.62. The van der Waals surface area contributed by atoms with Crippen molar-refractivity contribution in [2.75, 3.05) is 19.8 Å². The van der Waals surface area contributed by atoms with Crippen LogP contribution in [0.1, 0.15) is 92.7 Å². The molecule has 0 saturated carbocycles. The summed E-state index contributed by atoms with van der Waals surface area (Å²) in [6, 6.07) is 2.09. The van der Waals surface area contributed by atoms with Gasteiger partial charge in [-0.3, -0.25) is 0 Å². The molecular weight excluding hydrogens is 324 g/mol. The van der Waals surface area contributed by atoms with Crippen molar-refractivity contribution in [3.8, 4) is 17.2 Å². The van der Waals surface area contributed by atoms with Crippen LogP contribution in [0, 0.1) is 0 Å². The van der Waals surface area contributed by atoms with Gasteiger partial charge >= 0.3 is 0 Å². The number of rotatable bonds is 9. The van der Waals surface area contributed by atoms with E-state index in [1.807, 2.05) is 0 Å². The first-order valence-corrected chi connectivity index (χ1v) is 10.2. The largest absolute Gasteiger partial charge is 0.493 e. The fraction of sp³-hybridized carbons (Fsp3) is 0.739. The van der Waals surface area contributed by atoms with Crippen LogP contribution in [0.2, 0.25) is 0 Å². The normalized spacial score (nSPS) is 12.2. The maximum atomic E-state index is 6.35. The molecule has 0 N–H and O–H groups in total. The molecule has 3 nitrogen and oxygen atoms in total. The van der Waals surface area contributed by atoms with E-state index in [0.29, 0.717) is 19.8 Å². The van der Waals surface area contributed by atoms with Crippen LogP contribution in [0.4, 0.5) is 0 Å². The number of ether oxygens (including phenoxy) is 3. The fourth-order valence-corrected chi connectivity index (χ4v) is 3.03. The molecule has 26 heavy (non-hydrogen) atoms. The first-order valence-electron chi connectivity index (χ1n) is 10.2. The van der Waals surface area contributed by atoms with Crippen LogP contribution in [-0.4, -0.2) is 19.8 Å². The molecule has 0 fully saturated rings. The number of benzene rings is 1. The molecule has 0 aliphatic heterocycles. The van der Waals surface area contributed by atoms with Gasteiger partial charge in [0.05, 0.1) is 19.8 Å². The van der Waals surface area contributed by atoms with Gasteiger partial charge in [-0.25, -0.2) is 0 Å². The van der Waals surface area contributed by atoms with Gasteiger partial charge in [0.2, 0.25) is 0 Å². The van der Waals surface area contributed by atoms with E-state index in [4.69, 9.17) is 14.2 Å². The van der Waals surface area contributed by atoms with Crippen LogP contribution in [-0.2, 0) is 10.8 Å². The van der Waals surface area contributed by atoms with Crippen molar-refractivity contribution in [1.82, 2.24) is 0 Å². The Morgan fingerprint density at radius 1 is 0.615 bits per heavy atom. The van der Waals surface area contributed by atoms with Gasteiger partial charge in [0.25, 0.3) is 0 Å². The van der Waals surface area contributed by atoms with Crippen molar-refractivity contribution in [2.45, 2.75) is 92.4 Å². The Balaban J connectivity index is 3.76. The Morgan fingerprint density at radius 3 is 1.27 bits per heavy atom. The zero-order valence-electron chi connectivity index (χ0n) is 18.5. The minimum atomic E-state index is -0.0879. The molecule has 0 spiro atoms. The molecule has 0 atom stereocenters. The highest BCUT2D eigenvalue weighted by Gasteiger charge is 2.33. The highest BCUT2D eigenvalue weighted by Crippen LogP contribution is 2.49. The molecule has 0 heterocycles. The highest BCUT2D eigenvalue weighted by atomic mass is 16.5. The molecule has 0 aliphatic carbocycles. The summed E-state index contributed by atoms with van der Waals surface area (Å²) in [7, 11) is 0. The molecule has 150 valence electrons. The minimum Gasteiger partial charge on any atom is -0.493 e. The van der Waals surface area contributed by atoms with E-state index in [9.17, 15) is 0 Å². The van der Waals surface area contributed by atoms with Gasteiger partial charge in [-0.15, -0.1) is 0 Å². The van der Waals surface area contributed by atoms with E-state index in [0.717, 1.165) is 47.6 Å². The smallest absolute Gasteiger partial charge is 0.134 e. The maximum absolute atomic E-state index is 6.35. The summed E-state index contributed by atoms with van der Waals surface area (Å²) in [4.78, 5) is 0. The summed E-state index contributed by atoms with van der Waals surface area (Å²) in [5.74, 6) is 2.74. The van der Waals surface area contributed by atoms with Gasteiger partial charge in [0.1, 0.15) is 17.2 Å². The lowest BCUT2D eigenvalue weighted by molar-refractivity contribution is 0.265. The molecular formula is C23H40O3. The standard InChI is InChI=1S/C23H40O3/c1-10-13-24-17-16-18(25-14-11-2)20(23(7,8)9)21(26-15-12-3)19(17)22(4,5)6/h16H,10-15H2,1-9H3. The van der Waals surface area contributed by atoms with Crippen LogP contribution < -0.4 is 14.2 Å². The third-order valence-electron chi connectivity index (χ3n) is 4.08. The van der Waals surface area contributed by atoms with E-state index >= 15 is 0 Å². The monoisotopic (exact) mass is 364 g/mol. The van der Waals surface area contributed by atoms with Crippen LogP contribution >= 0.6 is 0 Å². The topological polar surface area (TPSA) is 27.7 Å². The van der Waals surface area contributed by atoms with Gasteiger partial charge < -0.3 is 14.2 Å². The SMILES string of the molecule is CCCOc1cc(OCCC)c(C(C)(C)C)c(OCCC)c1C(C)(C)C. The molecule has 0 amide bonds. The van der Waals surface area contributed by atoms with Crippen LogP contribution in [0.3, 0.4) is 0 Å². The molecule has 1 aromatic carbocycles. The maximum Gasteiger partial charge on any atom is 0.134 e. The molecule has 1 aromatic rings. The summed E-state index contributed by atoms with van der Waals surface area (Å²) in [5, 5.41) is 0. The zero-order chi connectivity index (χ0) is 20.0. The Labute approximate surface area is 161 Å². The minimum absolute atomic E-state index is 0.0879. The Bertz CT molecular complexity index is 518. The van der Waals surface area contributed by atoms with E-state index in [1.54, 1.807) is 0 Å². The summed E-state index contributed by atoms with van der Waals surface area (Å²) in [5.41, 5.74) is 2.12. The summed E-state index contributed by atoms with van der Waals surface area (Å²) < 4.78 is 18.7. The summed E-state index contributed by atoms with van der Waals surface area (Å²) >= 11 is 0. The van der Waals surface area contributed by atoms with Crippen molar-refractivity contribution >= 4 is 0 Å². The second-order valence-electron chi connectivity index (χ2n) is 9.00. The van der Waals surface area contributed by atoms with E-state index in [1.165, 1.54) is 0 Å². The lowest BCUT2D eigenvalue weighted by atomic mass is 9.78. The quantitative estimate of drug-likeness (QED) is 0.491. The zero-order valence-corrected chi connectivity index (χ0v) is 18.5. The first-order chi connectivity index (χ1) is 12.1. The molecule has 1 rings (SSSR count). The molecule has 3 heteroatoms. The van der Waals surface area contributed by atoms with E-state index < -0.39 is 0 Å². The average Bonchev–Trinajstić information content (AvgIpc) is 2.53. The Kier molecular flexibility index (Phi) is 8.30. The molecule has 0 saturated heterocycles. The molecule has 0 aromatic heterocycles. The third kappa shape index (κ3) is 5.82. The van der Waals surface area contributed by atoms with Crippen molar-refractivity contribution in [3.63, 3.8) is 0 Å². The molecule has 0 radical (unpaired) electrons. The molecule has 0 bridgehead atoms. The second kappa shape index (κ2) is 9.53. The number of hydrogen-bond donors (Lipinski definition) is 0. The van der Waals surface area contributed by atoms with Crippen molar-refractivity contribution in [2.24, 2.45) is 0 Å².